The van der Waals surface area contributed by atoms with E-state index in [-0.39, 0.29) is 17.7 Å². The number of ether oxygens (including phenoxy) is 1. The van der Waals surface area contributed by atoms with Crippen LogP contribution in [0.1, 0.15) is 13.8 Å². The first kappa shape index (κ1) is 18.8. The number of morpholine rings is 1. The third-order valence-electron chi connectivity index (χ3n) is 3.95. The van der Waals surface area contributed by atoms with Crippen LogP contribution in [0.3, 0.4) is 0 Å². The van der Waals surface area contributed by atoms with Crippen LogP contribution in [-0.2, 0) is 4.74 Å². The summed E-state index contributed by atoms with van der Waals surface area (Å²) in [5, 5.41) is 19.3. The van der Waals surface area contributed by atoms with Crippen LogP contribution in [0.5, 0.6) is 0 Å². The van der Waals surface area contributed by atoms with Gasteiger partial charge in [0.15, 0.2) is 0 Å². The second-order valence-corrected chi connectivity index (χ2v) is 7.61. The van der Waals surface area contributed by atoms with Crippen molar-refractivity contribution in [3.05, 3.63) is 34.4 Å². The van der Waals surface area contributed by atoms with Crippen molar-refractivity contribution >= 4 is 17.4 Å². The lowest BCUT2D eigenvalue weighted by atomic mass is 10.2. The fourth-order valence-electron chi connectivity index (χ4n) is 2.86. The lowest BCUT2D eigenvalue weighted by Crippen LogP contribution is -2.44. The van der Waals surface area contributed by atoms with Crippen LogP contribution in [0.2, 0.25) is 0 Å². The number of nitrogens with zero attached hydrogens (tertiary/aromatic N) is 4. The van der Waals surface area contributed by atoms with E-state index in [1.54, 1.807) is 12.1 Å². The molecule has 1 aromatic heterocycles. The van der Waals surface area contributed by atoms with Gasteiger partial charge in [-0.15, -0.1) is 10.2 Å². The molecule has 1 saturated heterocycles. The van der Waals surface area contributed by atoms with E-state index in [9.17, 15) is 10.1 Å². The largest absolute Gasteiger partial charge is 0.411 e. The molecule has 1 aromatic carbocycles. The molecule has 0 radical (unpaired) electrons. The normalized spacial score (nSPS) is 18.3. The van der Waals surface area contributed by atoms with Gasteiger partial charge in [0.05, 0.1) is 17.6 Å². The molecule has 0 saturated carbocycles. The number of hydrogen-bond donors (Lipinski definition) is 0. The van der Waals surface area contributed by atoms with Gasteiger partial charge >= 0.3 is 0 Å². The van der Waals surface area contributed by atoms with Crippen molar-refractivity contribution in [1.82, 2.24) is 15.1 Å². The number of rotatable bonds is 7. The Morgan fingerprint density at radius 2 is 2.27 bits per heavy atom. The smallest absolute Gasteiger partial charge is 0.276 e. The van der Waals surface area contributed by atoms with Crippen molar-refractivity contribution < 1.29 is 14.1 Å². The van der Waals surface area contributed by atoms with E-state index < -0.39 is 4.92 Å². The van der Waals surface area contributed by atoms with Crippen molar-refractivity contribution in [3.8, 4) is 11.5 Å². The van der Waals surface area contributed by atoms with E-state index in [0.717, 1.165) is 32.0 Å². The van der Waals surface area contributed by atoms with Crippen LogP contribution in [0, 0.1) is 16.0 Å². The molecular weight excluding hydrogens is 356 g/mol. The molecule has 1 aliphatic heterocycles. The summed E-state index contributed by atoms with van der Waals surface area (Å²) in [6.07, 6.45) is 0.126. The zero-order valence-electron chi connectivity index (χ0n) is 14.8. The molecule has 0 aliphatic carbocycles. The molecule has 3 rings (SSSR count). The van der Waals surface area contributed by atoms with Crippen LogP contribution >= 0.6 is 11.8 Å². The first-order chi connectivity index (χ1) is 12.5. The number of aromatic nitrogens is 2. The Hall–Kier alpha value is -1.97. The zero-order chi connectivity index (χ0) is 18.5. The molecule has 9 heteroatoms. The topological polar surface area (TPSA) is 94.5 Å². The maximum absolute atomic E-state index is 10.9. The molecule has 26 heavy (non-hydrogen) atoms. The summed E-state index contributed by atoms with van der Waals surface area (Å²) in [6, 6.07) is 6.17. The number of nitro groups is 1. The second-order valence-electron chi connectivity index (χ2n) is 6.64. The maximum Gasteiger partial charge on any atom is 0.276 e. The van der Waals surface area contributed by atoms with Crippen LogP contribution in [0.25, 0.3) is 11.5 Å². The Kier molecular flexibility index (Phi) is 6.23. The molecule has 0 unspecified atom stereocenters. The number of benzene rings is 1. The average molecular weight is 378 g/mol. The van der Waals surface area contributed by atoms with Crippen LogP contribution in [-0.4, -0.2) is 58.1 Å². The number of thioether (sulfide) groups is 1. The Labute approximate surface area is 156 Å². The summed E-state index contributed by atoms with van der Waals surface area (Å²) in [7, 11) is 0. The molecule has 1 aliphatic rings. The third kappa shape index (κ3) is 5.03. The minimum Gasteiger partial charge on any atom is -0.411 e. The fourth-order valence-corrected chi connectivity index (χ4v) is 3.63. The number of non-ortho nitro benzene ring substituents is 1. The maximum atomic E-state index is 10.9. The Morgan fingerprint density at radius 1 is 1.42 bits per heavy atom. The second kappa shape index (κ2) is 8.61. The van der Waals surface area contributed by atoms with Crippen molar-refractivity contribution in [2.75, 3.05) is 32.0 Å². The van der Waals surface area contributed by atoms with Crippen LogP contribution in [0.15, 0.2) is 33.9 Å². The van der Waals surface area contributed by atoms with E-state index >= 15 is 0 Å². The monoisotopic (exact) mass is 378 g/mol. The number of hydrogen-bond acceptors (Lipinski definition) is 8. The van der Waals surface area contributed by atoms with E-state index in [0.29, 0.717) is 16.7 Å². The third-order valence-corrected chi connectivity index (χ3v) is 4.90. The van der Waals surface area contributed by atoms with Crippen molar-refractivity contribution in [2.45, 2.75) is 25.2 Å². The van der Waals surface area contributed by atoms with Crippen molar-refractivity contribution in [2.24, 2.45) is 5.92 Å². The first-order valence-electron chi connectivity index (χ1n) is 8.56. The summed E-state index contributed by atoms with van der Waals surface area (Å²) in [4.78, 5) is 12.9. The summed E-state index contributed by atoms with van der Waals surface area (Å²) in [6.45, 7) is 8.11. The molecular formula is C17H22N4O4S. The summed E-state index contributed by atoms with van der Waals surface area (Å²) in [5.41, 5.74) is 0.534. The molecule has 8 nitrogen and oxygen atoms in total. The predicted molar refractivity (Wildman–Crippen MR) is 98.1 cm³/mol. The SMILES string of the molecule is CC(C)CN1CCO[C@@H](CSc2nnc(-c3cccc([N+](=O)[O-])c3)o2)C1. The van der Waals surface area contributed by atoms with Crippen molar-refractivity contribution in [3.63, 3.8) is 0 Å². The van der Waals surface area contributed by atoms with Gasteiger partial charge in [-0.2, -0.15) is 0 Å². The van der Waals surface area contributed by atoms with Gasteiger partial charge in [0.25, 0.3) is 10.9 Å². The molecule has 2 aromatic rings. The molecule has 0 bridgehead atoms. The number of nitro benzene ring substituents is 1. The quantitative estimate of drug-likeness (QED) is 0.412. The van der Waals surface area contributed by atoms with Gasteiger partial charge in [0.2, 0.25) is 5.89 Å². The van der Waals surface area contributed by atoms with Gasteiger partial charge in [0.1, 0.15) is 0 Å². The summed E-state index contributed by atoms with van der Waals surface area (Å²) >= 11 is 1.45. The lowest BCUT2D eigenvalue weighted by Gasteiger charge is -2.33. The zero-order valence-corrected chi connectivity index (χ0v) is 15.6. The predicted octanol–water partition coefficient (Wildman–Crippen LogP) is 3.09. The highest BCUT2D eigenvalue weighted by Gasteiger charge is 2.22. The van der Waals surface area contributed by atoms with Gasteiger partial charge in [-0.05, 0) is 12.0 Å². The Balaban J connectivity index is 1.57. The highest BCUT2D eigenvalue weighted by atomic mass is 32.2. The summed E-state index contributed by atoms with van der Waals surface area (Å²) in [5.74, 6) is 1.64. The first-order valence-corrected chi connectivity index (χ1v) is 9.55. The molecule has 140 valence electrons. The van der Waals surface area contributed by atoms with Gasteiger partial charge < -0.3 is 9.15 Å². The van der Waals surface area contributed by atoms with E-state index in [1.165, 1.54) is 23.9 Å². The minimum atomic E-state index is -0.446. The lowest BCUT2D eigenvalue weighted by molar-refractivity contribution is -0.384. The Bertz CT molecular complexity index is 752. The standard InChI is InChI=1S/C17H22N4O4S/c1-12(2)9-20-6-7-24-15(10-20)11-26-17-19-18-16(25-17)13-4-3-5-14(8-13)21(22)23/h3-5,8,12,15H,6-7,9-11H2,1-2H3/t15-/m1/s1. The van der Waals surface area contributed by atoms with E-state index in [4.69, 9.17) is 9.15 Å². The van der Waals surface area contributed by atoms with Gasteiger partial charge in [-0.3, -0.25) is 15.0 Å². The molecule has 1 atom stereocenters. The molecule has 1 fully saturated rings. The molecule has 0 N–H and O–H groups in total. The van der Waals surface area contributed by atoms with Gasteiger partial charge in [-0.1, -0.05) is 31.7 Å². The van der Waals surface area contributed by atoms with Crippen LogP contribution < -0.4 is 0 Å². The molecule has 2 heterocycles. The molecule has 0 amide bonds. The fraction of sp³-hybridized carbons (Fsp3) is 0.529. The highest BCUT2D eigenvalue weighted by molar-refractivity contribution is 7.99. The van der Waals surface area contributed by atoms with Crippen LogP contribution in [0.4, 0.5) is 5.69 Å². The van der Waals surface area contributed by atoms with E-state index in [1.807, 2.05) is 0 Å². The van der Waals surface area contributed by atoms with Gasteiger partial charge in [0, 0.05) is 43.1 Å². The van der Waals surface area contributed by atoms with Gasteiger partial charge in [-0.25, -0.2) is 0 Å². The van der Waals surface area contributed by atoms with E-state index in [2.05, 4.69) is 28.9 Å². The van der Waals surface area contributed by atoms with Crippen molar-refractivity contribution in [1.29, 1.82) is 0 Å². The average Bonchev–Trinajstić information content (AvgIpc) is 3.09. The molecule has 0 spiro atoms. The Morgan fingerprint density at radius 3 is 3.04 bits per heavy atom. The minimum absolute atomic E-state index is 0.00393. The summed E-state index contributed by atoms with van der Waals surface area (Å²) < 4.78 is 11.5. The highest BCUT2D eigenvalue weighted by Crippen LogP contribution is 2.26.